The molecular formula is C15H12ClNO3. The predicted molar refractivity (Wildman–Crippen MR) is 76.1 cm³/mol. The maximum atomic E-state index is 12.2. The second kappa shape index (κ2) is 4.51. The lowest BCUT2D eigenvalue weighted by Crippen LogP contribution is -2.35. The van der Waals surface area contributed by atoms with Gasteiger partial charge in [0.25, 0.3) is 5.91 Å². The van der Waals surface area contributed by atoms with Gasteiger partial charge >= 0.3 is 0 Å². The molecule has 1 aliphatic rings. The van der Waals surface area contributed by atoms with Crippen molar-refractivity contribution in [2.45, 2.75) is 5.60 Å². The molecule has 0 bridgehead atoms. The van der Waals surface area contributed by atoms with Gasteiger partial charge in [0.2, 0.25) is 0 Å². The molecule has 0 aromatic heterocycles. The Hall–Kier alpha value is -2.04. The first-order chi connectivity index (χ1) is 9.57. The van der Waals surface area contributed by atoms with E-state index in [4.69, 9.17) is 16.3 Å². The van der Waals surface area contributed by atoms with Crippen molar-refractivity contribution in [3.63, 3.8) is 0 Å². The molecular weight excluding hydrogens is 278 g/mol. The van der Waals surface area contributed by atoms with Crippen LogP contribution < -0.4 is 10.1 Å². The lowest BCUT2D eigenvalue weighted by Gasteiger charge is -2.22. The Kier molecular flexibility index (Phi) is 2.92. The van der Waals surface area contributed by atoms with E-state index in [2.05, 4.69) is 5.32 Å². The molecule has 1 unspecified atom stereocenters. The lowest BCUT2D eigenvalue weighted by molar-refractivity contribution is -0.129. The topological polar surface area (TPSA) is 58.6 Å². The van der Waals surface area contributed by atoms with Gasteiger partial charge in [-0.1, -0.05) is 35.9 Å². The molecule has 0 radical (unpaired) electrons. The van der Waals surface area contributed by atoms with Gasteiger partial charge in [0, 0.05) is 16.8 Å². The average molecular weight is 290 g/mol. The van der Waals surface area contributed by atoms with Gasteiger partial charge in [-0.3, -0.25) is 4.79 Å². The molecule has 102 valence electrons. The van der Waals surface area contributed by atoms with Crippen molar-refractivity contribution in [3.05, 3.63) is 58.6 Å². The van der Waals surface area contributed by atoms with Crippen molar-refractivity contribution in [1.29, 1.82) is 0 Å². The second-order valence-electron chi connectivity index (χ2n) is 4.56. The molecule has 4 nitrogen and oxygen atoms in total. The zero-order valence-corrected chi connectivity index (χ0v) is 11.4. The summed E-state index contributed by atoms with van der Waals surface area (Å²) < 4.78 is 5.14. The number of methoxy groups -OCH3 is 1. The molecule has 0 fully saturated rings. The van der Waals surface area contributed by atoms with Gasteiger partial charge in [-0.25, -0.2) is 0 Å². The van der Waals surface area contributed by atoms with Crippen molar-refractivity contribution in [1.82, 2.24) is 0 Å². The van der Waals surface area contributed by atoms with E-state index in [1.165, 1.54) is 7.11 Å². The monoisotopic (exact) mass is 289 g/mol. The number of carbonyl (C=O) groups excluding carboxylic acids is 1. The van der Waals surface area contributed by atoms with Crippen molar-refractivity contribution in [2.75, 3.05) is 12.4 Å². The van der Waals surface area contributed by atoms with Gasteiger partial charge in [0.15, 0.2) is 5.60 Å². The summed E-state index contributed by atoms with van der Waals surface area (Å²) in [4.78, 5) is 12.2. The molecule has 5 heteroatoms. The zero-order valence-electron chi connectivity index (χ0n) is 10.7. The third-order valence-corrected chi connectivity index (χ3v) is 3.77. The van der Waals surface area contributed by atoms with E-state index in [0.29, 0.717) is 27.6 Å². The smallest absolute Gasteiger partial charge is 0.265 e. The number of fused-ring (bicyclic) bond motifs is 1. The van der Waals surface area contributed by atoms with Crippen molar-refractivity contribution < 1.29 is 14.6 Å². The van der Waals surface area contributed by atoms with Gasteiger partial charge in [0.05, 0.1) is 12.1 Å². The van der Waals surface area contributed by atoms with Crippen LogP contribution in [0.15, 0.2) is 42.5 Å². The first kappa shape index (κ1) is 13.0. The summed E-state index contributed by atoms with van der Waals surface area (Å²) in [5.41, 5.74) is -0.182. The van der Waals surface area contributed by atoms with Crippen LogP contribution in [-0.2, 0) is 10.4 Å². The highest BCUT2D eigenvalue weighted by Crippen LogP contribution is 2.42. The molecule has 0 saturated carbocycles. The molecule has 1 aliphatic heterocycles. The normalized spacial score (nSPS) is 20.4. The quantitative estimate of drug-likeness (QED) is 0.893. The maximum Gasteiger partial charge on any atom is 0.265 e. The second-order valence-corrected chi connectivity index (χ2v) is 4.97. The van der Waals surface area contributed by atoms with Gasteiger partial charge < -0.3 is 15.2 Å². The van der Waals surface area contributed by atoms with Crippen LogP contribution in [0.5, 0.6) is 5.75 Å². The van der Waals surface area contributed by atoms with E-state index < -0.39 is 11.5 Å². The number of anilines is 1. The minimum absolute atomic E-state index is 0.412. The van der Waals surface area contributed by atoms with E-state index in [-0.39, 0.29) is 0 Å². The number of carbonyl (C=O) groups is 1. The summed E-state index contributed by atoms with van der Waals surface area (Å²) in [6.45, 7) is 0. The Morgan fingerprint density at radius 1 is 1.25 bits per heavy atom. The Balaban J connectivity index is 2.20. The van der Waals surface area contributed by atoms with Crippen molar-refractivity contribution in [2.24, 2.45) is 0 Å². The first-order valence-electron chi connectivity index (χ1n) is 6.04. The Morgan fingerprint density at radius 3 is 2.75 bits per heavy atom. The highest BCUT2D eigenvalue weighted by atomic mass is 35.5. The molecule has 0 aliphatic carbocycles. The summed E-state index contributed by atoms with van der Waals surface area (Å²) in [7, 11) is 1.48. The number of halogens is 1. The summed E-state index contributed by atoms with van der Waals surface area (Å²) >= 11 is 5.98. The first-order valence-corrected chi connectivity index (χ1v) is 6.42. The van der Waals surface area contributed by atoms with Crippen LogP contribution >= 0.6 is 11.6 Å². The van der Waals surface area contributed by atoms with Gasteiger partial charge in [-0.2, -0.15) is 0 Å². The van der Waals surface area contributed by atoms with E-state index in [1.54, 1.807) is 42.5 Å². The number of hydrogen-bond donors (Lipinski definition) is 2. The fourth-order valence-electron chi connectivity index (χ4n) is 2.41. The van der Waals surface area contributed by atoms with Crippen LogP contribution in [-0.4, -0.2) is 18.1 Å². The number of hydrogen-bond acceptors (Lipinski definition) is 3. The summed E-state index contributed by atoms with van der Waals surface area (Å²) in [6.07, 6.45) is 0. The van der Waals surface area contributed by atoms with Crippen LogP contribution in [0.1, 0.15) is 11.1 Å². The zero-order chi connectivity index (χ0) is 14.3. The lowest BCUT2D eigenvalue weighted by atomic mass is 9.87. The molecule has 1 amide bonds. The number of ether oxygens (including phenoxy) is 1. The van der Waals surface area contributed by atoms with Crippen molar-refractivity contribution >= 4 is 23.2 Å². The van der Waals surface area contributed by atoms with Crippen LogP contribution in [0.4, 0.5) is 5.69 Å². The summed E-state index contributed by atoms with van der Waals surface area (Å²) in [5, 5.41) is 14.0. The maximum absolute atomic E-state index is 12.2. The molecule has 1 heterocycles. The SMILES string of the molecule is COc1cc(C2(O)C(=O)Nc3ccccc32)ccc1Cl. The van der Waals surface area contributed by atoms with Gasteiger partial charge in [0.1, 0.15) is 5.75 Å². The number of benzene rings is 2. The molecule has 2 aromatic rings. The van der Waals surface area contributed by atoms with E-state index in [1.807, 2.05) is 0 Å². The fourth-order valence-corrected chi connectivity index (χ4v) is 2.61. The Morgan fingerprint density at radius 2 is 2.00 bits per heavy atom. The van der Waals surface area contributed by atoms with Crippen LogP contribution in [0.25, 0.3) is 0 Å². The molecule has 0 saturated heterocycles. The third kappa shape index (κ3) is 1.69. The molecule has 1 atom stereocenters. The number of nitrogens with one attached hydrogen (secondary N) is 1. The Bertz CT molecular complexity index is 701. The minimum atomic E-state index is -1.73. The van der Waals surface area contributed by atoms with Crippen LogP contribution in [0.2, 0.25) is 5.02 Å². The number of amides is 1. The van der Waals surface area contributed by atoms with Gasteiger partial charge in [-0.15, -0.1) is 0 Å². The third-order valence-electron chi connectivity index (χ3n) is 3.46. The van der Waals surface area contributed by atoms with E-state index >= 15 is 0 Å². The molecule has 0 spiro atoms. The highest BCUT2D eigenvalue weighted by Gasteiger charge is 2.46. The number of para-hydroxylation sites is 1. The summed E-state index contributed by atoms with van der Waals surface area (Å²) in [5.74, 6) is -0.0714. The number of rotatable bonds is 2. The predicted octanol–water partition coefficient (Wildman–Crippen LogP) is 2.54. The minimum Gasteiger partial charge on any atom is -0.495 e. The van der Waals surface area contributed by atoms with Crippen molar-refractivity contribution in [3.8, 4) is 5.75 Å². The standard InChI is InChI=1S/C15H12ClNO3/c1-20-13-8-9(6-7-11(13)16)15(19)10-4-2-3-5-12(10)17-14(15)18/h2-8,19H,1H3,(H,17,18). The van der Waals surface area contributed by atoms with Gasteiger partial charge in [-0.05, 0) is 18.2 Å². The van der Waals surface area contributed by atoms with E-state index in [9.17, 15) is 9.90 Å². The highest BCUT2D eigenvalue weighted by molar-refractivity contribution is 6.32. The molecule has 2 N–H and O–H groups in total. The number of aliphatic hydroxyl groups is 1. The molecule has 20 heavy (non-hydrogen) atoms. The summed E-state index contributed by atoms with van der Waals surface area (Å²) in [6, 6.07) is 11.8. The Labute approximate surface area is 120 Å². The van der Waals surface area contributed by atoms with E-state index in [0.717, 1.165) is 0 Å². The molecule has 3 rings (SSSR count). The fraction of sp³-hybridized carbons (Fsp3) is 0.133. The largest absolute Gasteiger partial charge is 0.495 e. The molecule has 2 aromatic carbocycles. The van der Waals surface area contributed by atoms with Crippen LogP contribution in [0, 0.1) is 0 Å². The average Bonchev–Trinajstić information content (AvgIpc) is 2.72. The van der Waals surface area contributed by atoms with Crippen LogP contribution in [0.3, 0.4) is 0 Å².